The number of hydrogen-bond donors (Lipinski definition) is 3. The molecule has 4 heteroatoms. The van der Waals surface area contributed by atoms with Gasteiger partial charge in [0.05, 0.1) is 12.7 Å². The monoisotopic (exact) mass is 261 g/mol. The molecule has 102 valence electrons. The molecule has 0 radical (unpaired) electrons. The first kappa shape index (κ1) is 15.3. The molecule has 0 aliphatic heterocycles. The van der Waals surface area contributed by atoms with Gasteiger partial charge in [-0.05, 0) is 25.5 Å². The third-order valence-corrected chi connectivity index (χ3v) is 4.96. The fraction of sp³-hybridized carbons (Fsp3) is 1.00. The van der Waals surface area contributed by atoms with Crippen LogP contribution in [0.4, 0.5) is 0 Å². The number of aliphatic hydroxyl groups is 2. The van der Waals surface area contributed by atoms with Crippen molar-refractivity contribution < 1.29 is 10.2 Å². The largest absolute Gasteiger partial charge is 0.395 e. The van der Waals surface area contributed by atoms with Crippen LogP contribution in [-0.2, 0) is 0 Å². The minimum absolute atomic E-state index is 0.189. The molecule has 1 aliphatic rings. The second kappa shape index (κ2) is 8.35. The summed E-state index contributed by atoms with van der Waals surface area (Å²) in [6, 6.07) is 0.244. The second-order valence-corrected chi connectivity index (χ2v) is 6.27. The van der Waals surface area contributed by atoms with Crippen LogP contribution in [-0.4, -0.2) is 47.0 Å². The third kappa shape index (κ3) is 5.60. The highest BCUT2D eigenvalue weighted by atomic mass is 32.2. The minimum atomic E-state index is -0.234. The summed E-state index contributed by atoms with van der Waals surface area (Å²) in [5, 5.41) is 22.7. The minimum Gasteiger partial charge on any atom is -0.395 e. The van der Waals surface area contributed by atoms with Crippen molar-refractivity contribution in [3.63, 3.8) is 0 Å². The predicted molar refractivity (Wildman–Crippen MR) is 74.4 cm³/mol. The Morgan fingerprint density at radius 1 is 1.35 bits per heavy atom. The van der Waals surface area contributed by atoms with Crippen LogP contribution in [0.3, 0.4) is 0 Å². The van der Waals surface area contributed by atoms with Crippen molar-refractivity contribution in [2.75, 3.05) is 19.4 Å². The van der Waals surface area contributed by atoms with Crippen LogP contribution in [0.5, 0.6) is 0 Å². The molecule has 3 N–H and O–H groups in total. The van der Waals surface area contributed by atoms with E-state index in [4.69, 9.17) is 5.11 Å². The maximum Gasteiger partial charge on any atom is 0.0667 e. The normalized spacial score (nSPS) is 22.6. The molecule has 3 atom stereocenters. The molecule has 3 nitrogen and oxygen atoms in total. The van der Waals surface area contributed by atoms with Crippen molar-refractivity contribution >= 4 is 11.8 Å². The molecule has 0 bridgehead atoms. The van der Waals surface area contributed by atoms with E-state index in [1.54, 1.807) is 11.8 Å². The fourth-order valence-electron chi connectivity index (χ4n) is 2.60. The number of rotatable bonds is 8. The quantitative estimate of drug-likeness (QED) is 0.621. The molecule has 3 unspecified atom stereocenters. The van der Waals surface area contributed by atoms with Crippen LogP contribution < -0.4 is 5.32 Å². The maximum atomic E-state index is 9.95. The molecule has 0 aromatic heterocycles. The van der Waals surface area contributed by atoms with E-state index in [9.17, 15) is 5.11 Å². The zero-order valence-electron chi connectivity index (χ0n) is 11.1. The van der Waals surface area contributed by atoms with Crippen molar-refractivity contribution in [2.24, 2.45) is 5.92 Å². The van der Waals surface area contributed by atoms with Crippen LogP contribution in [0.25, 0.3) is 0 Å². The molecule has 0 spiro atoms. The third-order valence-electron chi connectivity index (χ3n) is 3.80. The van der Waals surface area contributed by atoms with Crippen molar-refractivity contribution in [1.29, 1.82) is 0 Å². The molecule has 1 aliphatic carbocycles. The molecule has 1 saturated carbocycles. The lowest BCUT2D eigenvalue weighted by atomic mass is 10.00. The first-order chi connectivity index (χ1) is 8.17. The van der Waals surface area contributed by atoms with E-state index >= 15 is 0 Å². The fourth-order valence-corrected chi connectivity index (χ4v) is 3.26. The summed E-state index contributed by atoms with van der Waals surface area (Å²) < 4.78 is 0. The summed E-state index contributed by atoms with van der Waals surface area (Å²) >= 11 is 1.67. The Bertz CT molecular complexity index is 194. The smallest absolute Gasteiger partial charge is 0.0667 e. The molecular weight excluding hydrogens is 234 g/mol. The van der Waals surface area contributed by atoms with Gasteiger partial charge in [-0.25, -0.2) is 0 Å². The highest BCUT2D eigenvalue weighted by molar-refractivity contribution is 7.99. The van der Waals surface area contributed by atoms with E-state index in [-0.39, 0.29) is 24.0 Å². The molecule has 0 heterocycles. The average molecular weight is 261 g/mol. The van der Waals surface area contributed by atoms with E-state index < -0.39 is 0 Å². The van der Waals surface area contributed by atoms with Crippen LogP contribution in [0.15, 0.2) is 0 Å². The Hall–Kier alpha value is 0.230. The molecule has 0 saturated heterocycles. The Morgan fingerprint density at radius 3 is 2.53 bits per heavy atom. The summed E-state index contributed by atoms with van der Waals surface area (Å²) in [6.45, 7) is 2.91. The van der Waals surface area contributed by atoms with Crippen molar-refractivity contribution in [1.82, 2.24) is 5.32 Å². The molecule has 1 fully saturated rings. The molecule has 1 rings (SSSR count). The second-order valence-electron chi connectivity index (χ2n) is 5.19. The van der Waals surface area contributed by atoms with E-state index in [0.717, 1.165) is 12.3 Å². The number of thioether (sulfide) groups is 1. The Balaban J connectivity index is 2.15. The molecule has 17 heavy (non-hydrogen) atoms. The van der Waals surface area contributed by atoms with Gasteiger partial charge in [-0.1, -0.05) is 25.7 Å². The molecule has 0 aromatic carbocycles. The van der Waals surface area contributed by atoms with Crippen LogP contribution in [0.2, 0.25) is 0 Å². The summed E-state index contributed by atoms with van der Waals surface area (Å²) in [5.41, 5.74) is 0. The zero-order chi connectivity index (χ0) is 12.7. The van der Waals surface area contributed by atoms with Gasteiger partial charge in [-0.15, -0.1) is 0 Å². The zero-order valence-corrected chi connectivity index (χ0v) is 11.9. The molecule has 0 amide bonds. The van der Waals surface area contributed by atoms with Gasteiger partial charge < -0.3 is 15.5 Å². The summed E-state index contributed by atoms with van der Waals surface area (Å²) in [7, 11) is 0. The summed E-state index contributed by atoms with van der Waals surface area (Å²) in [6.07, 6.45) is 7.95. The number of hydrogen-bond acceptors (Lipinski definition) is 4. The molecular formula is C13H27NO2S. The lowest BCUT2D eigenvalue weighted by Crippen LogP contribution is -2.41. The van der Waals surface area contributed by atoms with Gasteiger partial charge in [-0.2, -0.15) is 11.8 Å². The standard InChI is InChI=1S/C13H27NO2S/c1-10(13(9-15)17-2)14-8-12(16)7-11-5-3-4-6-11/h10-16H,3-9H2,1-2H3. The van der Waals surface area contributed by atoms with Crippen LogP contribution in [0.1, 0.15) is 39.0 Å². The van der Waals surface area contributed by atoms with Crippen molar-refractivity contribution in [3.8, 4) is 0 Å². The van der Waals surface area contributed by atoms with Gasteiger partial charge in [0, 0.05) is 17.8 Å². The van der Waals surface area contributed by atoms with Gasteiger partial charge >= 0.3 is 0 Å². The van der Waals surface area contributed by atoms with Crippen LogP contribution >= 0.6 is 11.8 Å². The first-order valence-corrected chi connectivity index (χ1v) is 8.01. The van der Waals surface area contributed by atoms with Crippen LogP contribution in [0, 0.1) is 5.92 Å². The van der Waals surface area contributed by atoms with Crippen molar-refractivity contribution in [2.45, 2.75) is 56.4 Å². The van der Waals surface area contributed by atoms with Gasteiger partial charge in [0.1, 0.15) is 0 Å². The SMILES string of the molecule is CSC(CO)C(C)NCC(O)CC1CCCC1. The van der Waals surface area contributed by atoms with Gasteiger partial charge in [0.25, 0.3) is 0 Å². The lowest BCUT2D eigenvalue weighted by Gasteiger charge is -2.23. The maximum absolute atomic E-state index is 9.95. The highest BCUT2D eigenvalue weighted by Gasteiger charge is 2.20. The Kier molecular flexibility index (Phi) is 7.51. The van der Waals surface area contributed by atoms with Crippen molar-refractivity contribution in [3.05, 3.63) is 0 Å². The van der Waals surface area contributed by atoms with E-state index in [2.05, 4.69) is 12.2 Å². The number of nitrogens with one attached hydrogen (secondary N) is 1. The summed E-state index contributed by atoms with van der Waals surface area (Å²) in [5.74, 6) is 0.733. The predicted octanol–water partition coefficient (Wildman–Crippen LogP) is 1.63. The van der Waals surface area contributed by atoms with E-state index in [0.29, 0.717) is 6.54 Å². The molecule has 0 aromatic rings. The number of aliphatic hydroxyl groups excluding tert-OH is 2. The van der Waals surface area contributed by atoms with Gasteiger partial charge in [0.2, 0.25) is 0 Å². The Morgan fingerprint density at radius 2 is 2.00 bits per heavy atom. The highest BCUT2D eigenvalue weighted by Crippen LogP contribution is 2.28. The average Bonchev–Trinajstić information content (AvgIpc) is 2.81. The van der Waals surface area contributed by atoms with Gasteiger partial charge in [-0.3, -0.25) is 0 Å². The Labute approximate surface area is 109 Å². The lowest BCUT2D eigenvalue weighted by molar-refractivity contribution is 0.136. The summed E-state index contributed by atoms with van der Waals surface area (Å²) in [4.78, 5) is 0. The van der Waals surface area contributed by atoms with E-state index in [1.807, 2.05) is 6.26 Å². The van der Waals surface area contributed by atoms with E-state index in [1.165, 1.54) is 25.7 Å². The topological polar surface area (TPSA) is 52.5 Å². The first-order valence-electron chi connectivity index (χ1n) is 6.72. The van der Waals surface area contributed by atoms with Gasteiger partial charge in [0.15, 0.2) is 0 Å².